The Labute approximate surface area is 126 Å². The lowest BCUT2D eigenvalue weighted by atomic mass is 9.93. The lowest BCUT2D eigenvalue weighted by Crippen LogP contribution is -2.42. The molecule has 0 radical (unpaired) electrons. The minimum absolute atomic E-state index is 0.561. The molecule has 0 spiro atoms. The van der Waals surface area contributed by atoms with E-state index in [1.807, 2.05) is 19.1 Å². The second-order valence-corrected chi connectivity index (χ2v) is 6.62. The molecule has 2 aromatic rings. The molecule has 2 heterocycles. The Balaban J connectivity index is 2.06. The number of aliphatic hydroxyl groups is 1. The lowest BCUT2D eigenvalue weighted by Gasteiger charge is -2.38. The van der Waals surface area contributed by atoms with Crippen LogP contribution in [-0.4, -0.2) is 28.8 Å². The minimum Gasteiger partial charge on any atom is -0.396 e. The maximum atomic E-state index is 10.1. The number of hydrogen-bond acceptors (Lipinski definition) is 4. The van der Waals surface area contributed by atoms with E-state index in [1.165, 1.54) is 0 Å². The van der Waals surface area contributed by atoms with Gasteiger partial charge in [-0.3, -0.25) is 4.98 Å². The number of piperidine rings is 1. The number of anilines is 2. The van der Waals surface area contributed by atoms with E-state index >= 15 is 0 Å². The van der Waals surface area contributed by atoms with Crippen molar-refractivity contribution >= 4 is 38.2 Å². The molecule has 0 saturated carbocycles. The fourth-order valence-corrected chi connectivity index (χ4v) is 3.09. The summed E-state index contributed by atoms with van der Waals surface area (Å²) in [4.78, 5) is 6.64. The molecule has 1 aliphatic heterocycles. The van der Waals surface area contributed by atoms with Gasteiger partial charge in [0.15, 0.2) is 0 Å². The van der Waals surface area contributed by atoms with Gasteiger partial charge in [0, 0.05) is 22.9 Å². The van der Waals surface area contributed by atoms with E-state index < -0.39 is 5.60 Å². The summed E-state index contributed by atoms with van der Waals surface area (Å²) in [6.07, 6.45) is 3.23. The Kier molecular flexibility index (Phi) is 3.34. The molecule has 0 bridgehead atoms. The van der Waals surface area contributed by atoms with Crippen LogP contribution in [-0.2, 0) is 0 Å². The van der Waals surface area contributed by atoms with Gasteiger partial charge in [0.2, 0.25) is 0 Å². The second-order valence-electron chi connectivity index (χ2n) is 5.71. The van der Waals surface area contributed by atoms with Gasteiger partial charge in [-0.05, 0) is 38.0 Å². The summed E-state index contributed by atoms with van der Waals surface area (Å²) in [5.74, 6) is 0. The third-order valence-corrected chi connectivity index (χ3v) is 4.48. The molecule has 0 aliphatic carbocycles. The maximum absolute atomic E-state index is 10.1. The number of nitrogens with zero attached hydrogens (tertiary/aromatic N) is 2. The largest absolute Gasteiger partial charge is 0.396 e. The van der Waals surface area contributed by atoms with E-state index in [2.05, 4.69) is 31.9 Å². The fourth-order valence-electron chi connectivity index (χ4n) is 2.73. The van der Waals surface area contributed by atoms with Crippen molar-refractivity contribution in [3.8, 4) is 0 Å². The number of nitrogen functional groups attached to an aromatic ring is 1. The second kappa shape index (κ2) is 4.90. The summed E-state index contributed by atoms with van der Waals surface area (Å²) in [6, 6.07) is 6.03. The highest BCUT2D eigenvalue weighted by Gasteiger charge is 2.28. The molecule has 106 valence electrons. The van der Waals surface area contributed by atoms with E-state index in [9.17, 15) is 5.11 Å². The molecule has 0 unspecified atom stereocenters. The highest BCUT2D eigenvalue weighted by molar-refractivity contribution is 9.10. The van der Waals surface area contributed by atoms with Crippen LogP contribution in [0.1, 0.15) is 19.8 Å². The van der Waals surface area contributed by atoms with Crippen LogP contribution in [0.15, 0.2) is 28.9 Å². The normalized spacial score (nSPS) is 18.4. The number of aromatic nitrogens is 1. The highest BCUT2D eigenvalue weighted by Crippen LogP contribution is 2.36. The third kappa shape index (κ3) is 2.47. The summed E-state index contributed by atoms with van der Waals surface area (Å²) < 4.78 is 1.02. The molecule has 3 N–H and O–H groups in total. The summed E-state index contributed by atoms with van der Waals surface area (Å²) in [7, 11) is 0. The van der Waals surface area contributed by atoms with Crippen molar-refractivity contribution in [3.05, 3.63) is 28.9 Å². The van der Waals surface area contributed by atoms with Crippen LogP contribution in [0.25, 0.3) is 10.9 Å². The molecule has 0 amide bonds. The Hall–Kier alpha value is -1.33. The molecule has 1 fully saturated rings. The van der Waals surface area contributed by atoms with E-state index in [-0.39, 0.29) is 0 Å². The van der Waals surface area contributed by atoms with Gasteiger partial charge < -0.3 is 15.7 Å². The number of fused-ring (bicyclic) bond motifs is 1. The van der Waals surface area contributed by atoms with Crippen LogP contribution in [0.4, 0.5) is 11.4 Å². The predicted molar refractivity (Wildman–Crippen MR) is 85.9 cm³/mol. The monoisotopic (exact) mass is 335 g/mol. The number of hydrogen-bond donors (Lipinski definition) is 2. The molecule has 1 aromatic heterocycles. The SMILES string of the molecule is CC1(O)CCN(c2c(N)cnc3ccc(Br)cc23)CC1. The fraction of sp³-hybridized carbons (Fsp3) is 0.400. The zero-order valence-electron chi connectivity index (χ0n) is 11.4. The Morgan fingerprint density at radius 2 is 2.05 bits per heavy atom. The number of halogens is 1. The van der Waals surface area contributed by atoms with Crippen molar-refractivity contribution in [2.24, 2.45) is 0 Å². The van der Waals surface area contributed by atoms with Gasteiger partial charge in [-0.2, -0.15) is 0 Å². The first-order chi connectivity index (χ1) is 9.46. The topological polar surface area (TPSA) is 62.4 Å². The Morgan fingerprint density at radius 3 is 2.75 bits per heavy atom. The van der Waals surface area contributed by atoms with Gasteiger partial charge in [0.1, 0.15) is 0 Å². The van der Waals surface area contributed by atoms with Gasteiger partial charge in [-0.1, -0.05) is 15.9 Å². The Morgan fingerprint density at radius 1 is 1.35 bits per heavy atom. The van der Waals surface area contributed by atoms with Crippen LogP contribution in [0.3, 0.4) is 0 Å². The van der Waals surface area contributed by atoms with Crippen LogP contribution in [0, 0.1) is 0 Å². The van der Waals surface area contributed by atoms with Crippen molar-refractivity contribution in [3.63, 3.8) is 0 Å². The average Bonchev–Trinajstić information content (AvgIpc) is 2.39. The van der Waals surface area contributed by atoms with E-state index in [1.54, 1.807) is 6.20 Å². The van der Waals surface area contributed by atoms with Gasteiger partial charge >= 0.3 is 0 Å². The van der Waals surface area contributed by atoms with Crippen LogP contribution < -0.4 is 10.6 Å². The van der Waals surface area contributed by atoms with Crippen molar-refractivity contribution in [1.29, 1.82) is 0 Å². The molecular formula is C15H18BrN3O. The standard InChI is InChI=1S/C15H18BrN3O/c1-15(20)4-6-19(7-5-15)14-11-8-10(16)2-3-13(11)18-9-12(14)17/h2-3,8-9,20H,4-7,17H2,1H3. The van der Waals surface area contributed by atoms with E-state index in [0.29, 0.717) is 5.69 Å². The molecule has 20 heavy (non-hydrogen) atoms. The lowest BCUT2D eigenvalue weighted by molar-refractivity contribution is 0.0352. The molecular weight excluding hydrogens is 318 g/mol. The van der Waals surface area contributed by atoms with Crippen molar-refractivity contribution in [2.45, 2.75) is 25.4 Å². The summed E-state index contributed by atoms with van der Waals surface area (Å²) >= 11 is 3.51. The molecule has 3 rings (SSSR count). The zero-order valence-corrected chi connectivity index (χ0v) is 13.0. The van der Waals surface area contributed by atoms with Gasteiger partial charge in [0.05, 0.1) is 28.7 Å². The zero-order chi connectivity index (χ0) is 14.3. The number of pyridine rings is 1. The van der Waals surface area contributed by atoms with Crippen molar-refractivity contribution in [2.75, 3.05) is 23.7 Å². The summed E-state index contributed by atoms with van der Waals surface area (Å²) in [5.41, 5.74) is 8.26. The quantitative estimate of drug-likeness (QED) is 0.841. The number of nitrogens with two attached hydrogens (primary N) is 1. The molecule has 1 aliphatic rings. The summed E-state index contributed by atoms with van der Waals surface area (Å²) in [5, 5.41) is 11.1. The van der Waals surface area contributed by atoms with Gasteiger partial charge in [-0.15, -0.1) is 0 Å². The molecule has 4 nitrogen and oxygen atoms in total. The number of benzene rings is 1. The van der Waals surface area contributed by atoms with Crippen LogP contribution >= 0.6 is 15.9 Å². The molecule has 1 saturated heterocycles. The molecule has 1 aromatic carbocycles. The minimum atomic E-state index is -0.561. The van der Waals surface area contributed by atoms with Crippen molar-refractivity contribution < 1.29 is 5.11 Å². The maximum Gasteiger partial charge on any atom is 0.0745 e. The van der Waals surface area contributed by atoms with E-state index in [0.717, 1.165) is 47.0 Å². The smallest absolute Gasteiger partial charge is 0.0745 e. The van der Waals surface area contributed by atoms with Gasteiger partial charge in [-0.25, -0.2) is 0 Å². The van der Waals surface area contributed by atoms with Crippen molar-refractivity contribution in [1.82, 2.24) is 4.98 Å². The number of rotatable bonds is 1. The first-order valence-corrected chi connectivity index (χ1v) is 7.57. The molecule has 5 heteroatoms. The third-order valence-electron chi connectivity index (χ3n) is 3.99. The first-order valence-electron chi connectivity index (χ1n) is 6.77. The van der Waals surface area contributed by atoms with Crippen LogP contribution in [0.2, 0.25) is 0 Å². The predicted octanol–water partition coefficient (Wildman–Crippen LogP) is 2.93. The average molecular weight is 336 g/mol. The Bertz CT molecular complexity index is 642. The molecule has 0 atom stereocenters. The summed E-state index contributed by atoms with van der Waals surface area (Å²) in [6.45, 7) is 3.51. The van der Waals surface area contributed by atoms with Gasteiger partial charge in [0.25, 0.3) is 0 Å². The van der Waals surface area contributed by atoms with E-state index in [4.69, 9.17) is 5.73 Å². The first kappa shape index (κ1) is 13.6. The van der Waals surface area contributed by atoms with Crippen LogP contribution in [0.5, 0.6) is 0 Å². The highest BCUT2D eigenvalue weighted by atomic mass is 79.9.